The van der Waals surface area contributed by atoms with Gasteiger partial charge >= 0.3 is 0 Å². The second-order valence-electron chi connectivity index (χ2n) is 7.01. The molecule has 2 N–H and O–H groups in total. The van der Waals surface area contributed by atoms with Crippen molar-refractivity contribution in [3.63, 3.8) is 0 Å². The van der Waals surface area contributed by atoms with Crippen molar-refractivity contribution in [2.24, 2.45) is 0 Å². The molecular weight excluding hydrogens is 371 g/mol. The van der Waals surface area contributed by atoms with Crippen LogP contribution in [0.2, 0.25) is 0 Å². The van der Waals surface area contributed by atoms with Crippen molar-refractivity contribution in [3.05, 3.63) is 75.8 Å². The number of ether oxygens (including phenoxy) is 1. The highest BCUT2D eigenvalue weighted by Gasteiger charge is 2.07. The Morgan fingerprint density at radius 2 is 1.86 bits per heavy atom. The third kappa shape index (κ3) is 5.91. The third-order valence-electron chi connectivity index (χ3n) is 4.88. The van der Waals surface area contributed by atoms with E-state index in [1.54, 1.807) is 31.4 Å². The Kier molecular flexibility index (Phi) is 7.00. The number of pyridine rings is 1. The van der Waals surface area contributed by atoms with E-state index in [-0.39, 0.29) is 23.7 Å². The van der Waals surface area contributed by atoms with Crippen molar-refractivity contribution in [2.45, 2.75) is 32.1 Å². The van der Waals surface area contributed by atoms with E-state index in [1.807, 2.05) is 12.1 Å². The molecule has 0 bridgehead atoms. The van der Waals surface area contributed by atoms with Crippen LogP contribution in [0.3, 0.4) is 0 Å². The third-order valence-corrected chi connectivity index (χ3v) is 4.88. The van der Waals surface area contributed by atoms with Crippen LogP contribution >= 0.6 is 0 Å². The number of rotatable bonds is 9. The van der Waals surface area contributed by atoms with Gasteiger partial charge in [0.25, 0.3) is 5.56 Å². The molecule has 29 heavy (non-hydrogen) atoms. The highest BCUT2D eigenvalue weighted by molar-refractivity contribution is 5.81. The van der Waals surface area contributed by atoms with Crippen LogP contribution < -0.4 is 15.6 Å². The Bertz CT molecular complexity index is 1030. The first kappa shape index (κ1) is 20.6. The number of carbonyl (C=O) groups is 1. The van der Waals surface area contributed by atoms with Crippen molar-refractivity contribution >= 4 is 16.8 Å². The predicted octanol–water partition coefficient (Wildman–Crippen LogP) is 3.75. The van der Waals surface area contributed by atoms with E-state index in [9.17, 15) is 14.0 Å². The molecule has 0 unspecified atom stereocenters. The van der Waals surface area contributed by atoms with Gasteiger partial charge in [0.2, 0.25) is 5.91 Å². The Labute approximate surface area is 168 Å². The van der Waals surface area contributed by atoms with Gasteiger partial charge in [-0.05, 0) is 67.6 Å². The zero-order chi connectivity index (χ0) is 20.6. The van der Waals surface area contributed by atoms with Crippen molar-refractivity contribution in [2.75, 3.05) is 13.7 Å². The molecule has 0 aliphatic heterocycles. The number of unbranched alkanes of at least 4 members (excludes halogenated alkanes) is 1. The number of aromatic nitrogens is 1. The Balaban J connectivity index is 1.43. The second-order valence-corrected chi connectivity index (χ2v) is 7.01. The topological polar surface area (TPSA) is 71.2 Å². The molecule has 3 rings (SSSR count). The smallest absolute Gasteiger partial charge is 0.251 e. The number of hydrogen-bond acceptors (Lipinski definition) is 3. The molecule has 0 saturated carbocycles. The fraction of sp³-hybridized carbons (Fsp3) is 0.304. The number of nitrogens with one attached hydrogen (secondary N) is 2. The predicted molar refractivity (Wildman–Crippen MR) is 112 cm³/mol. The number of benzene rings is 2. The van der Waals surface area contributed by atoms with Gasteiger partial charge in [0.15, 0.2) is 0 Å². The average molecular weight is 396 g/mol. The molecule has 2 aromatic carbocycles. The number of hydrogen-bond donors (Lipinski definition) is 2. The highest BCUT2D eigenvalue weighted by atomic mass is 19.1. The summed E-state index contributed by atoms with van der Waals surface area (Å²) in [6.45, 7) is 0.589. The number of aryl methyl sites for hydroxylation is 2. The number of halogens is 1. The van der Waals surface area contributed by atoms with Crippen molar-refractivity contribution in [1.82, 2.24) is 10.3 Å². The largest absolute Gasteiger partial charge is 0.497 e. The number of aromatic amines is 1. The van der Waals surface area contributed by atoms with Crippen LogP contribution in [0, 0.1) is 5.82 Å². The van der Waals surface area contributed by atoms with Gasteiger partial charge in [0.05, 0.1) is 7.11 Å². The van der Waals surface area contributed by atoms with Crippen LogP contribution in [-0.4, -0.2) is 24.5 Å². The molecule has 1 heterocycles. The Morgan fingerprint density at radius 1 is 1.07 bits per heavy atom. The molecule has 0 saturated heterocycles. The summed E-state index contributed by atoms with van der Waals surface area (Å²) in [6, 6.07) is 13.8. The first-order valence-electron chi connectivity index (χ1n) is 9.76. The molecule has 5 nitrogen and oxygen atoms in total. The lowest BCUT2D eigenvalue weighted by Crippen LogP contribution is -2.25. The fourth-order valence-electron chi connectivity index (χ4n) is 3.21. The molecule has 0 aliphatic carbocycles. The summed E-state index contributed by atoms with van der Waals surface area (Å²) >= 11 is 0. The Morgan fingerprint density at radius 3 is 2.62 bits per heavy atom. The molecule has 1 amide bonds. The summed E-state index contributed by atoms with van der Waals surface area (Å²) in [6.07, 6.45) is 3.25. The zero-order valence-electron chi connectivity index (χ0n) is 16.5. The molecule has 0 fully saturated rings. The monoisotopic (exact) mass is 396 g/mol. The van der Waals surface area contributed by atoms with E-state index in [0.717, 1.165) is 35.7 Å². The number of H-pyrrole nitrogens is 1. The Hall–Kier alpha value is -3.15. The van der Waals surface area contributed by atoms with Crippen LogP contribution in [0.1, 0.15) is 30.4 Å². The molecule has 0 radical (unpaired) electrons. The molecule has 152 valence electrons. The van der Waals surface area contributed by atoms with Crippen molar-refractivity contribution < 1.29 is 13.9 Å². The molecule has 0 aliphatic rings. The number of carbonyl (C=O) groups excluding carboxylic acids is 1. The summed E-state index contributed by atoms with van der Waals surface area (Å²) in [5.41, 5.74) is 2.24. The SMILES string of the molecule is COc1ccc2[nH]c(=O)c(CCC(=O)NCCCCc3ccc(F)cc3)cc2c1. The summed E-state index contributed by atoms with van der Waals surface area (Å²) in [4.78, 5) is 27.1. The quantitative estimate of drug-likeness (QED) is 0.541. The summed E-state index contributed by atoms with van der Waals surface area (Å²) in [5.74, 6) is 0.413. The van der Waals surface area contributed by atoms with Gasteiger partial charge in [-0.3, -0.25) is 9.59 Å². The maximum atomic E-state index is 12.9. The molecule has 0 spiro atoms. The lowest BCUT2D eigenvalue weighted by molar-refractivity contribution is -0.121. The van der Waals surface area contributed by atoms with Gasteiger partial charge in [-0.15, -0.1) is 0 Å². The lowest BCUT2D eigenvalue weighted by Gasteiger charge is -2.07. The summed E-state index contributed by atoms with van der Waals surface area (Å²) in [7, 11) is 1.60. The highest BCUT2D eigenvalue weighted by Crippen LogP contribution is 2.19. The van der Waals surface area contributed by atoms with Gasteiger partial charge in [0, 0.05) is 29.4 Å². The standard InChI is InChI=1S/C23H25FN2O3/c1-29-20-10-11-21-18(15-20)14-17(23(28)26-21)7-12-22(27)25-13-3-2-4-16-5-8-19(24)9-6-16/h5-6,8-11,14-15H,2-4,7,12-13H2,1H3,(H,25,27)(H,26,28). The van der Waals surface area contributed by atoms with E-state index in [0.29, 0.717) is 24.3 Å². The van der Waals surface area contributed by atoms with Crippen molar-refractivity contribution in [3.8, 4) is 5.75 Å². The van der Waals surface area contributed by atoms with Gasteiger partial charge in [-0.2, -0.15) is 0 Å². The van der Waals surface area contributed by atoms with Crippen LogP contribution in [0.4, 0.5) is 4.39 Å². The molecule has 1 aromatic heterocycles. The minimum absolute atomic E-state index is 0.0723. The van der Waals surface area contributed by atoms with Gasteiger partial charge in [0.1, 0.15) is 11.6 Å². The first-order valence-corrected chi connectivity index (χ1v) is 9.76. The average Bonchev–Trinajstić information content (AvgIpc) is 2.73. The molecular formula is C23H25FN2O3. The van der Waals surface area contributed by atoms with Crippen LogP contribution in [0.15, 0.2) is 53.3 Å². The fourth-order valence-corrected chi connectivity index (χ4v) is 3.21. The van der Waals surface area contributed by atoms with E-state index in [2.05, 4.69) is 10.3 Å². The van der Waals surface area contributed by atoms with Gasteiger partial charge < -0.3 is 15.0 Å². The zero-order valence-corrected chi connectivity index (χ0v) is 16.5. The van der Waals surface area contributed by atoms with Crippen LogP contribution in [0.25, 0.3) is 10.9 Å². The minimum Gasteiger partial charge on any atom is -0.497 e. The van der Waals surface area contributed by atoms with E-state index < -0.39 is 0 Å². The number of fused-ring (bicyclic) bond motifs is 1. The van der Waals surface area contributed by atoms with E-state index in [1.165, 1.54) is 12.1 Å². The lowest BCUT2D eigenvalue weighted by atomic mass is 10.1. The van der Waals surface area contributed by atoms with Gasteiger partial charge in [-0.1, -0.05) is 12.1 Å². The summed E-state index contributed by atoms with van der Waals surface area (Å²) < 4.78 is 18.1. The molecule has 0 atom stereocenters. The van der Waals surface area contributed by atoms with Gasteiger partial charge in [-0.25, -0.2) is 4.39 Å². The van der Waals surface area contributed by atoms with Crippen LogP contribution in [-0.2, 0) is 17.6 Å². The normalized spacial score (nSPS) is 10.8. The number of amides is 1. The maximum absolute atomic E-state index is 12.9. The maximum Gasteiger partial charge on any atom is 0.251 e. The molecule has 3 aromatic rings. The van der Waals surface area contributed by atoms with Crippen molar-refractivity contribution in [1.29, 1.82) is 0 Å². The summed E-state index contributed by atoms with van der Waals surface area (Å²) in [5, 5.41) is 3.77. The van der Waals surface area contributed by atoms with Crippen LogP contribution in [0.5, 0.6) is 5.75 Å². The number of methoxy groups -OCH3 is 1. The molecule has 6 heteroatoms. The van der Waals surface area contributed by atoms with E-state index in [4.69, 9.17) is 4.74 Å². The minimum atomic E-state index is -0.231. The second kappa shape index (κ2) is 9.87. The van der Waals surface area contributed by atoms with E-state index >= 15 is 0 Å². The first-order chi connectivity index (χ1) is 14.0.